The number of hydrogen-bond donors (Lipinski definition) is 1. The van der Waals surface area contributed by atoms with Gasteiger partial charge in [-0.05, 0) is 28.7 Å². The van der Waals surface area contributed by atoms with E-state index in [1.54, 1.807) is 6.20 Å². The fraction of sp³-hybridized carbons (Fsp3) is 0.143. The maximum absolute atomic E-state index is 10.7. The Labute approximate surface area is 85.5 Å². The molecular formula is C7H8BIN2O. The summed E-state index contributed by atoms with van der Waals surface area (Å²) in [6.45, 7) is 1.47. The number of rotatable bonds is 1. The molecule has 0 radical (unpaired) electrons. The van der Waals surface area contributed by atoms with Gasteiger partial charge < -0.3 is 5.32 Å². The van der Waals surface area contributed by atoms with Crippen molar-refractivity contribution in [2.45, 2.75) is 6.92 Å². The zero-order valence-electron chi connectivity index (χ0n) is 6.89. The zero-order valence-corrected chi connectivity index (χ0v) is 9.05. The summed E-state index contributed by atoms with van der Waals surface area (Å²) in [6.07, 6.45) is 1.73. The van der Waals surface area contributed by atoms with Crippen LogP contribution in [0.2, 0.25) is 0 Å². The molecule has 0 spiro atoms. The topological polar surface area (TPSA) is 42.0 Å². The molecule has 0 unspecified atom stereocenters. The van der Waals surface area contributed by atoms with Crippen LogP contribution in [0.5, 0.6) is 0 Å². The van der Waals surface area contributed by atoms with Crippen LogP contribution in [-0.2, 0) is 4.79 Å². The van der Waals surface area contributed by atoms with Gasteiger partial charge >= 0.3 is 0 Å². The van der Waals surface area contributed by atoms with Crippen LogP contribution in [0.15, 0.2) is 12.3 Å². The minimum absolute atomic E-state index is 0.0933. The van der Waals surface area contributed by atoms with Crippen LogP contribution < -0.4 is 10.8 Å². The quantitative estimate of drug-likeness (QED) is 0.574. The summed E-state index contributed by atoms with van der Waals surface area (Å²) in [5, 5.41) is 2.64. The highest BCUT2D eigenvalue weighted by Crippen LogP contribution is 2.11. The van der Waals surface area contributed by atoms with Crippen molar-refractivity contribution in [2.24, 2.45) is 0 Å². The Morgan fingerprint density at radius 3 is 2.92 bits per heavy atom. The molecule has 0 bridgehead atoms. The summed E-state index contributed by atoms with van der Waals surface area (Å²) in [6, 6.07) is 1.97. The molecule has 0 aromatic carbocycles. The van der Waals surface area contributed by atoms with E-state index < -0.39 is 0 Å². The summed E-state index contributed by atoms with van der Waals surface area (Å²) in [5.74, 6) is 0.540. The molecule has 1 heterocycles. The first kappa shape index (κ1) is 9.50. The van der Waals surface area contributed by atoms with Crippen molar-refractivity contribution in [3.63, 3.8) is 0 Å². The molecule has 0 saturated heterocycles. The maximum atomic E-state index is 10.7. The molecule has 3 nitrogen and oxygen atoms in total. The average Bonchev–Trinajstić information content (AvgIpc) is 1.94. The molecule has 1 aromatic heterocycles. The molecule has 1 amide bonds. The lowest BCUT2D eigenvalue weighted by molar-refractivity contribution is -0.114. The smallest absolute Gasteiger partial charge is 0.222 e. The molecule has 1 aromatic rings. The second kappa shape index (κ2) is 3.89. The van der Waals surface area contributed by atoms with Crippen LogP contribution in [0.3, 0.4) is 0 Å². The number of hydrogen-bond acceptors (Lipinski definition) is 2. The highest BCUT2D eigenvalue weighted by Gasteiger charge is 2.01. The molecule has 0 atom stereocenters. The van der Waals surface area contributed by atoms with Crippen molar-refractivity contribution >= 4 is 47.6 Å². The first-order chi connectivity index (χ1) is 5.59. The number of nitrogens with one attached hydrogen (secondary N) is 1. The Balaban J connectivity index is 2.93. The van der Waals surface area contributed by atoms with Gasteiger partial charge in [0.25, 0.3) is 0 Å². The third-order valence-corrected chi connectivity index (χ3v) is 2.09. The van der Waals surface area contributed by atoms with Crippen LogP contribution in [0.1, 0.15) is 6.92 Å². The summed E-state index contributed by atoms with van der Waals surface area (Å²) < 4.78 is 0.961. The fourth-order valence-electron chi connectivity index (χ4n) is 0.792. The van der Waals surface area contributed by atoms with Gasteiger partial charge in [-0.1, -0.05) is 5.46 Å². The highest BCUT2D eigenvalue weighted by molar-refractivity contribution is 14.1. The van der Waals surface area contributed by atoms with E-state index in [0.29, 0.717) is 5.82 Å². The minimum Gasteiger partial charge on any atom is -0.310 e. The van der Waals surface area contributed by atoms with E-state index in [0.717, 1.165) is 9.03 Å². The minimum atomic E-state index is -0.0933. The molecule has 5 heteroatoms. The molecule has 0 aliphatic heterocycles. The molecule has 1 N–H and O–H groups in total. The van der Waals surface area contributed by atoms with E-state index in [4.69, 9.17) is 0 Å². The number of anilines is 1. The molecule has 0 fully saturated rings. The number of carbonyl (C=O) groups is 1. The summed E-state index contributed by atoms with van der Waals surface area (Å²) in [7, 11) is 1.96. The van der Waals surface area contributed by atoms with E-state index in [-0.39, 0.29) is 5.91 Å². The predicted molar refractivity (Wildman–Crippen MR) is 59.4 cm³/mol. The lowest BCUT2D eigenvalue weighted by atomic mass is 9.99. The largest absolute Gasteiger partial charge is 0.310 e. The molecule has 12 heavy (non-hydrogen) atoms. The number of nitrogens with zero attached hydrogens (tertiary/aromatic N) is 1. The van der Waals surface area contributed by atoms with Gasteiger partial charge in [0.1, 0.15) is 13.7 Å². The summed E-state index contributed by atoms with van der Waals surface area (Å²) in [4.78, 5) is 14.8. The van der Waals surface area contributed by atoms with Gasteiger partial charge in [0.05, 0.1) is 3.57 Å². The van der Waals surface area contributed by atoms with Crippen molar-refractivity contribution in [1.82, 2.24) is 4.98 Å². The van der Waals surface area contributed by atoms with Gasteiger partial charge in [0, 0.05) is 13.1 Å². The number of aromatic nitrogens is 1. The third-order valence-electron chi connectivity index (χ3n) is 1.27. The number of pyridine rings is 1. The summed E-state index contributed by atoms with van der Waals surface area (Å²) in [5.41, 5.74) is 1.09. The van der Waals surface area contributed by atoms with Gasteiger partial charge in [0.2, 0.25) is 5.91 Å². The Kier molecular flexibility index (Phi) is 3.08. The van der Waals surface area contributed by atoms with Crippen LogP contribution in [-0.4, -0.2) is 18.7 Å². The monoisotopic (exact) mass is 274 g/mol. The van der Waals surface area contributed by atoms with Crippen molar-refractivity contribution in [3.8, 4) is 0 Å². The molecule has 0 aliphatic rings. The van der Waals surface area contributed by atoms with Gasteiger partial charge in [-0.25, -0.2) is 4.98 Å². The SMILES string of the molecule is Bc1cnc(NC(C)=O)c(I)c1. The fourth-order valence-corrected chi connectivity index (χ4v) is 1.56. The van der Waals surface area contributed by atoms with Crippen molar-refractivity contribution in [1.29, 1.82) is 0 Å². The Bertz CT molecular complexity index is 316. The predicted octanol–water partition coefficient (Wildman–Crippen LogP) is -0.0970. The van der Waals surface area contributed by atoms with E-state index in [9.17, 15) is 4.79 Å². The van der Waals surface area contributed by atoms with Crippen molar-refractivity contribution < 1.29 is 4.79 Å². The van der Waals surface area contributed by atoms with E-state index >= 15 is 0 Å². The van der Waals surface area contributed by atoms with Gasteiger partial charge in [-0.3, -0.25) is 4.79 Å². The van der Waals surface area contributed by atoms with Gasteiger partial charge in [0.15, 0.2) is 0 Å². The van der Waals surface area contributed by atoms with Crippen LogP contribution in [0.25, 0.3) is 0 Å². The Hall–Kier alpha value is -0.585. The lowest BCUT2D eigenvalue weighted by Crippen LogP contribution is -2.12. The maximum Gasteiger partial charge on any atom is 0.222 e. The standard InChI is InChI=1S/C7H8BIN2O/c1-4(12)11-7-6(9)2-5(8)3-10-7/h2-3H,8H2,1H3,(H,10,11,12). The van der Waals surface area contributed by atoms with E-state index in [1.165, 1.54) is 6.92 Å². The molecule has 0 aliphatic carbocycles. The molecule has 1 rings (SSSR count). The molecular weight excluding hydrogens is 266 g/mol. The first-order valence-corrected chi connectivity index (χ1v) is 4.57. The van der Waals surface area contributed by atoms with Gasteiger partial charge in [-0.15, -0.1) is 0 Å². The average molecular weight is 274 g/mol. The third kappa shape index (κ3) is 2.47. The lowest BCUT2D eigenvalue weighted by Gasteiger charge is -2.03. The van der Waals surface area contributed by atoms with Crippen LogP contribution >= 0.6 is 22.6 Å². The molecule has 0 saturated carbocycles. The Morgan fingerprint density at radius 2 is 2.42 bits per heavy atom. The first-order valence-electron chi connectivity index (χ1n) is 3.49. The second-order valence-electron chi connectivity index (χ2n) is 2.52. The number of carbonyl (C=O) groups excluding carboxylic acids is 1. The van der Waals surface area contributed by atoms with Crippen LogP contribution in [0.4, 0.5) is 5.82 Å². The van der Waals surface area contributed by atoms with Gasteiger partial charge in [-0.2, -0.15) is 0 Å². The van der Waals surface area contributed by atoms with E-state index in [1.807, 2.05) is 13.9 Å². The zero-order chi connectivity index (χ0) is 9.14. The molecule has 62 valence electrons. The highest BCUT2D eigenvalue weighted by atomic mass is 127. The van der Waals surface area contributed by atoms with E-state index in [2.05, 4.69) is 32.9 Å². The Morgan fingerprint density at radius 1 is 1.75 bits per heavy atom. The normalized spacial score (nSPS) is 9.50. The second-order valence-corrected chi connectivity index (χ2v) is 3.69. The van der Waals surface area contributed by atoms with Crippen molar-refractivity contribution in [3.05, 3.63) is 15.8 Å². The van der Waals surface area contributed by atoms with Crippen LogP contribution in [0, 0.1) is 3.57 Å². The summed E-state index contributed by atoms with van der Waals surface area (Å²) >= 11 is 2.14. The number of halogens is 1. The number of amides is 1. The van der Waals surface area contributed by atoms with Crippen molar-refractivity contribution in [2.75, 3.05) is 5.32 Å².